The molecule has 1 aliphatic heterocycles. The van der Waals surface area contributed by atoms with Gasteiger partial charge >= 0.3 is 0 Å². The van der Waals surface area contributed by atoms with Crippen molar-refractivity contribution in [1.82, 2.24) is 19.5 Å². The van der Waals surface area contributed by atoms with Crippen LogP contribution in [0.2, 0.25) is 0 Å². The normalized spacial score (nSPS) is 20.0. The van der Waals surface area contributed by atoms with Crippen molar-refractivity contribution in [3.63, 3.8) is 0 Å². The molecule has 0 atom stereocenters. The van der Waals surface area contributed by atoms with Crippen molar-refractivity contribution in [1.29, 1.82) is 0 Å². The predicted molar refractivity (Wildman–Crippen MR) is 94.7 cm³/mol. The maximum absolute atomic E-state index is 11.4. The monoisotopic (exact) mass is 342 g/mol. The lowest BCUT2D eigenvalue weighted by Gasteiger charge is -2.58. The molecule has 0 unspecified atom stereocenters. The number of pyridine rings is 1. The number of nitrogens with zero attached hydrogens (tertiary/aromatic N) is 4. The van der Waals surface area contributed by atoms with Gasteiger partial charge in [0.2, 0.25) is 0 Å². The third kappa shape index (κ3) is 2.82. The maximum atomic E-state index is 11.4. The van der Waals surface area contributed by atoms with Crippen LogP contribution >= 0.6 is 0 Å². The number of carbonyl (C=O) groups excluding carboxylic acids is 1. The summed E-state index contributed by atoms with van der Waals surface area (Å²) >= 11 is 0. The Morgan fingerprint density at radius 1 is 1.40 bits per heavy atom. The fourth-order valence-electron chi connectivity index (χ4n) is 4.30. The number of carbonyl (C=O) groups is 1. The molecule has 0 N–H and O–H groups in total. The van der Waals surface area contributed by atoms with Gasteiger partial charge in [-0.25, -0.2) is 9.50 Å². The number of hydrogen-bond donors (Lipinski definition) is 0. The Kier molecular flexibility index (Phi) is 3.83. The van der Waals surface area contributed by atoms with Crippen LogP contribution in [0, 0.1) is 11.3 Å². The molecule has 1 spiro atoms. The molecule has 2 aliphatic rings. The van der Waals surface area contributed by atoms with E-state index in [9.17, 15) is 4.79 Å². The summed E-state index contributed by atoms with van der Waals surface area (Å²) in [7, 11) is 1.68. The van der Waals surface area contributed by atoms with Crippen molar-refractivity contribution < 1.29 is 9.53 Å². The van der Waals surface area contributed by atoms with Crippen molar-refractivity contribution in [3.8, 4) is 5.75 Å². The summed E-state index contributed by atoms with van der Waals surface area (Å²) in [5.41, 5.74) is 2.35. The van der Waals surface area contributed by atoms with E-state index in [0.717, 1.165) is 49.7 Å². The highest BCUT2D eigenvalue weighted by Gasteiger charge is 2.53. The maximum Gasteiger partial charge on any atom is 0.198 e. The lowest BCUT2D eigenvalue weighted by atomic mass is 9.57. The first-order valence-electron chi connectivity index (χ1n) is 9.05. The second-order valence-electron chi connectivity index (χ2n) is 8.15. The molecule has 25 heavy (non-hydrogen) atoms. The van der Waals surface area contributed by atoms with Crippen LogP contribution in [0.1, 0.15) is 50.9 Å². The Morgan fingerprint density at radius 2 is 2.12 bits per heavy atom. The van der Waals surface area contributed by atoms with Crippen LogP contribution in [-0.2, 0) is 11.3 Å². The van der Waals surface area contributed by atoms with Crippen LogP contribution in [0.3, 0.4) is 0 Å². The molecule has 6 heteroatoms. The van der Waals surface area contributed by atoms with E-state index in [1.807, 2.05) is 16.8 Å². The Hall–Kier alpha value is -1.95. The summed E-state index contributed by atoms with van der Waals surface area (Å²) in [6.45, 7) is 8.90. The van der Waals surface area contributed by atoms with Gasteiger partial charge < -0.3 is 4.74 Å². The number of rotatable bonds is 5. The van der Waals surface area contributed by atoms with Crippen molar-refractivity contribution in [3.05, 3.63) is 23.7 Å². The van der Waals surface area contributed by atoms with Crippen molar-refractivity contribution >= 4 is 11.4 Å². The SMILES string of the molecule is COc1cc(C(C)C)cn2nc(CN3CC4(CC(C(C)=O)C4)C3)nc12. The third-order valence-corrected chi connectivity index (χ3v) is 5.77. The first kappa shape index (κ1) is 16.5. The highest BCUT2D eigenvalue weighted by atomic mass is 16.5. The van der Waals surface area contributed by atoms with Crippen molar-refractivity contribution in [2.45, 2.75) is 46.1 Å². The molecular weight excluding hydrogens is 316 g/mol. The summed E-state index contributed by atoms with van der Waals surface area (Å²) < 4.78 is 7.34. The Morgan fingerprint density at radius 3 is 2.72 bits per heavy atom. The van der Waals surface area contributed by atoms with Crippen LogP contribution in [-0.4, -0.2) is 45.5 Å². The van der Waals surface area contributed by atoms with Crippen molar-refractivity contribution in [2.24, 2.45) is 11.3 Å². The zero-order valence-corrected chi connectivity index (χ0v) is 15.5. The Balaban J connectivity index is 1.46. The second kappa shape index (κ2) is 5.80. The highest BCUT2D eigenvalue weighted by molar-refractivity contribution is 5.79. The summed E-state index contributed by atoms with van der Waals surface area (Å²) in [6, 6.07) is 2.05. The van der Waals surface area contributed by atoms with E-state index in [1.54, 1.807) is 14.0 Å². The lowest BCUT2D eigenvalue weighted by molar-refractivity contribution is -0.141. The standard InChI is InChI=1S/C19H26N4O2/c1-12(2)14-5-16(25-4)18-20-17(21-23(18)8-14)9-22-10-19(11-22)6-15(7-19)13(3)24/h5,8,12,15H,6-7,9-11H2,1-4H3. The second-order valence-corrected chi connectivity index (χ2v) is 8.15. The molecule has 0 bridgehead atoms. The lowest BCUT2D eigenvalue weighted by Crippen LogP contribution is -2.62. The number of likely N-dealkylation sites (tertiary alicyclic amines) is 1. The quantitative estimate of drug-likeness (QED) is 0.836. The molecule has 2 fully saturated rings. The number of fused-ring (bicyclic) bond motifs is 1. The number of methoxy groups -OCH3 is 1. The summed E-state index contributed by atoms with van der Waals surface area (Å²) in [5, 5.41) is 4.65. The van der Waals surface area contributed by atoms with Gasteiger partial charge in [-0.05, 0) is 42.7 Å². The largest absolute Gasteiger partial charge is 0.493 e. The molecule has 1 saturated heterocycles. The van der Waals surface area contributed by atoms with E-state index in [4.69, 9.17) is 4.74 Å². The molecule has 3 heterocycles. The third-order valence-electron chi connectivity index (χ3n) is 5.77. The molecule has 134 valence electrons. The van der Waals surface area contributed by atoms with Crippen LogP contribution in [0.15, 0.2) is 12.3 Å². The fourth-order valence-corrected chi connectivity index (χ4v) is 4.30. The molecule has 2 aromatic rings. The molecule has 4 rings (SSSR count). The first-order valence-corrected chi connectivity index (χ1v) is 9.05. The fraction of sp³-hybridized carbons (Fsp3) is 0.632. The van der Waals surface area contributed by atoms with Crippen LogP contribution in [0.4, 0.5) is 0 Å². The summed E-state index contributed by atoms with van der Waals surface area (Å²) in [6.07, 6.45) is 4.16. The number of hydrogen-bond acceptors (Lipinski definition) is 5. The Bertz CT molecular complexity index is 812. The zero-order valence-electron chi connectivity index (χ0n) is 15.5. The van der Waals surface area contributed by atoms with Crippen LogP contribution in [0.25, 0.3) is 5.65 Å². The van der Waals surface area contributed by atoms with Gasteiger partial charge in [-0.2, -0.15) is 0 Å². The molecule has 0 aromatic carbocycles. The minimum Gasteiger partial charge on any atom is -0.493 e. The molecular formula is C19H26N4O2. The van der Waals surface area contributed by atoms with E-state index in [2.05, 4.69) is 28.8 Å². The summed E-state index contributed by atoms with van der Waals surface area (Å²) in [4.78, 5) is 18.5. The van der Waals surface area contributed by atoms with E-state index in [0.29, 0.717) is 23.0 Å². The van der Waals surface area contributed by atoms with E-state index in [-0.39, 0.29) is 0 Å². The van der Waals surface area contributed by atoms with Gasteiger partial charge in [0.05, 0.1) is 13.7 Å². The molecule has 0 radical (unpaired) electrons. The van der Waals surface area contributed by atoms with Gasteiger partial charge in [0.25, 0.3) is 0 Å². The molecule has 1 aliphatic carbocycles. The minimum atomic E-state index is 0.300. The number of ketones is 1. The molecule has 1 saturated carbocycles. The van der Waals surface area contributed by atoms with Gasteiger partial charge in [-0.1, -0.05) is 13.8 Å². The van der Waals surface area contributed by atoms with Gasteiger partial charge in [-0.15, -0.1) is 5.10 Å². The van der Waals surface area contributed by atoms with E-state index in [1.165, 1.54) is 5.56 Å². The summed E-state index contributed by atoms with van der Waals surface area (Å²) in [5.74, 6) is 2.66. The highest BCUT2D eigenvalue weighted by Crippen LogP contribution is 2.52. The average Bonchev–Trinajstić information content (AvgIpc) is 2.89. The predicted octanol–water partition coefficient (Wildman–Crippen LogP) is 2.66. The van der Waals surface area contributed by atoms with E-state index >= 15 is 0 Å². The van der Waals surface area contributed by atoms with Crippen LogP contribution in [0.5, 0.6) is 5.75 Å². The smallest absolute Gasteiger partial charge is 0.198 e. The van der Waals surface area contributed by atoms with Gasteiger partial charge in [0.15, 0.2) is 17.2 Å². The van der Waals surface area contributed by atoms with Gasteiger partial charge in [-0.3, -0.25) is 9.69 Å². The number of Topliss-reactive ketones (excluding diaryl/α,β-unsaturated/α-hetero) is 1. The molecule has 0 amide bonds. The van der Waals surface area contributed by atoms with E-state index < -0.39 is 0 Å². The van der Waals surface area contributed by atoms with Crippen LogP contribution < -0.4 is 4.74 Å². The number of ether oxygens (including phenoxy) is 1. The first-order chi connectivity index (χ1) is 11.9. The zero-order chi connectivity index (χ0) is 17.8. The van der Waals surface area contributed by atoms with Gasteiger partial charge in [0.1, 0.15) is 5.78 Å². The minimum absolute atomic E-state index is 0.300. The van der Waals surface area contributed by atoms with Gasteiger partial charge in [0, 0.05) is 25.2 Å². The molecule has 2 aromatic heterocycles. The van der Waals surface area contributed by atoms with Crippen molar-refractivity contribution in [2.75, 3.05) is 20.2 Å². The average molecular weight is 342 g/mol. The molecule has 6 nitrogen and oxygen atoms in total. The topological polar surface area (TPSA) is 59.7 Å². The number of aromatic nitrogens is 3. The Labute approximate surface area is 148 Å².